The van der Waals surface area contributed by atoms with Crippen LogP contribution in [0.25, 0.3) is 11.1 Å². The number of para-hydroxylation sites is 1. The van der Waals surface area contributed by atoms with Gasteiger partial charge in [0, 0.05) is 5.69 Å². The summed E-state index contributed by atoms with van der Waals surface area (Å²) in [6, 6.07) is 14.7. The van der Waals surface area contributed by atoms with E-state index in [4.69, 9.17) is 16.3 Å². The third kappa shape index (κ3) is 4.49. The molecule has 0 bridgehead atoms. The van der Waals surface area contributed by atoms with Crippen molar-refractivity contribution in [1.29, 1.82) is 0 Å². The monoisotopic (exact) mass is 449 g/mol. The second kappa shape index (κ2) is 8.44. The highest BCUT2D eigenvalue weighted by Gasteiger charge is 2.15. The smallest absolute Gasteiger partial charge is 0.286 e. The van der Waals surface area contributed by atoms with E-state index in [1.165, 1.54) is 0 Å². The van der Waals surface area contributed by atoms with Crippen molar-refractivity contribution in [2.45, 2.75) is 0 Å². The van der Waals surface area contributed by atoms with Crippen molar-refractivity contribution in [3.05, 3.63) is 68.6 Å². The summed E-state index contributed by atoms with van der Waals surface area (Å²) in [5.74, 6) is 0.408. The third-order valence-electron chi connectivity index (χ3n) is 3.32. The van der Waals surface area contributed by atoms with E-state index in [0.717, 1.165) is 27.1 Å². The molecule has 132 valence electrons. The first-order valence-corrected chi connectivity index (χ1v) is 9.46. The summed E-state index contributed by atoms with van der Waals surface area (Å²) in [5.41, 5.74) is 1.56. The Morgan fingerprint density at radius 3 is 2.62 bits per heavy atom. The zero-order valence-electron chi connectivity index (χ0n) is 13.6. The molecule has 3 aromatic rings. The predicted octanol–water partition coefficient (Wildman–Crippen LogP) is 5.30. The van der Waals surface area contributed by atoms with Gasteiger partial charge in [0.2, 0.25) is 5.01 Å². The molecule has 0 aliphatic heterocycles. The van der Waals surface area contributed by atoms with Crippen LogP contribution in [0.15, 0.2) is 53.0 Å². The van der Waals surface area contributed by atoms with Crippen molar-refractivity contribution in [1.82, 2.24) is 10.2 Å². The molecule has 8 heteroatoms. The molecule has 0 radical (unpaired) electrons. The van der Waals surface area contributed by atoms with Crippen LogP contribution in [0.1, 0.15) is 20.4 Å². The van der Waals surface area contributed by atoms with Crippen molar-refractivity contribution in [2.75, 3.05) is 12.4 Å². The number of aromatic nitrogens is 2. The standard InChI is InChI=1S/C18H13BrClN3O2S/c1-25-15-8-7-11(9-13(15)19)10-14(20)17-22-23-18(26-17)16(24)21-12-5-3-2-4-6-12/h2-10H,1H3,(H,21,24)/b14-10-. The molecule has 26 heavy (non-hydrogen) atoms. The molecule has 0 fully saturated rings. The number of nitrogens with zero attached hydrogens (tertiary/aromatic N) is 2. The fourth-order valence-electron chi connectivity index (χ4n) is 2.10. The molecular weight excluding hydrogens is 438 g/mol. The molecule has 0 aliphatic carbocycles. The van der Waals surface area contributed by atoms with Crippen LogP contribution in [0, 0.1) is 0 Å². The maximum Gasteiger partial charge on any atom is 0.286 e. The van der Waals surface area contributed by atoms with Crippen molar-refractivity contribution in [2.24, 2.45) is 0 Å². The van der Waals surface area contributed by atoms with Crippen LogP contribution in [0.5, 0.6) is 5.75 Å². The van der Waals surface area contributed by atoms with Crippen molar-refractivity contribution < 1.29 is 9.53 Å². The summed E-state index contributed by atoms with van der Waals surface area (Å²) < 4.78 is 6.02. The number of halogens is 2. The van der Waals surface area contributed by atoms with E-state index in [2.05, 4.69) is 31.4 Å². The molecular formula is C18H13BrClN3O2S. The number of nitrogens with one attached hydrogen (secondary N) is 1. The Morgan fingerprint density at radius 2 is 1.92 bits per heavy atom. The zero-order chi connectivity index (χ0) is 18.5. The Balaban J connectivity index is 1.76. The number of methoxy groups -OCH3 is 1. The molecule has 1 heterocycles. The minimum atomic E-state index is -0.323. The molecule has 0 atom stereocenters. The molecule has 0 saturated heterocycles. The summed E-state index contributed by atoms with van der Waals surface area (Å²) in [6.07, 6.45) is 1.76. The third-order valence-corrected chi connectivity index (χ3v) is 5.30. The van der Waals surface area contributed by atoms with Gasteiger partial charge in [-0.2, -0.15) is 0 Å². The maximum absolute atomic E-state index is 12.2. The molecule has 1 aromatic heterocycles. The SMILES string of the molecule is COc1ccc(/C=C(\Cl)c2nnc(C(=O)Nc3ccccc3)s2)cc1Br. The Bertz CT molecular complexity index is 960. The van der Waals surface area contributed by atoms with Gasteiger partial charge in [0.1, 0.15) is 5.75 Å². The van der Waals surface area contributed by atoms with E-state index in [1.807, 2.05) is 36.4 Å². The van der Waals surface area contributed by atoms with Crippen LogP contribution in [-0.2, 0) is 0 Å². The van der Waals surface area contributed by atoms with Gasteiger partial charge in [-0.3, -0.25) is 4.79 Å². The van der Waals surface area contributed by atoms with Crippen LogP contribution >= 0.6 is 38.9 Å². The van der Waals surface area contributed by atoms with Crippen LogP contribution in [0.2, 0.25) is 0 Å². The van der Waals surface area contributed by atoms with E-state index in [0.29, 0.717) is 15.7 Å². The number of hydrogen-bond donors (Lipinski definition) is 1. The molecule has 1 amide bonds. The lowest BCUT2D eigenvalue weighted by Gasteiger charge is -2.03. The second-order valence-corrected chi connectivity index (χ2v) is 7.36. The summed E-state index contributed by atoms with van der Waals surface area (Å²) in [7, 11) is 1.60. The second-order valence-electron chi connectivity index (χ2n) is 5.12. The van der Waals surface area contributed by atoms with E-state index in [1.54, 1.807) is 25.3 Å². The average molecular weight is 451 g/mol. The van der Waals surface area contributed by atoms with Crippen LogP contribution < -0.4 is 10.1 Å². The molecule has 1 N–H and O–H groups in total. The lowest BCUT2D eigenvalue weighted by atomic mass is 10.2. The summed E-state index contributed by atoms with van der Waals surface area (Å²) in [5, 5.41) is 11.8. The fraction of sp³-hybridized carbons (Fsp3) is 0.0556. The lowest BCUT2D eigenvalue weighted by Crippen LogP contribution is -2.11. The predicted molar refractivity (Wildman–Crippen MR) is 109 cm³/mol. The van der Waals surface area contributed by atoms with E-state index < -0.39 is 0 Å². The van der Waals surface area contributed by atoms with Gasteiger partial charge in [-0.15, -0.1) is 10.2 Å². The summed E-state index contributed by atoms with van der Waals surface area (Å²) in [6.45, 7) is 0. The van der Waals surface area contributed by atoms with Gasteiger partial charge in [0.25, 0.3) is 5.91 Å². The van der Waals surface area contributed by atoms with E-state index in [-0.39, 0.29) is 10.9 Å². The number of ether oxygens (including phenoxy) is 1. The zero-order valence-corrected chi connectivity index (χ0v) is 16.7. The number of carbonyl (C=O) groups is 1. The van der Waals surface area contributed by atoms with Gasteiger partial charge in [-0.25, -0.2) is 0 Å². The van der Waals surface area contributed by atoms with Crippen LogP contribution in [0.4, 0.5) is 5.69 Å². The average Bonchev–Trinajstić information content (AvgIpc) is 3.13. The quantitative estimate of drug-likeness (QED) is 0.573. The summed E-state index contributed by atoms with van der Waals surface area (Å²) in [4.78, 5) is 12.2. The highest BCUT2D eigenvalue weighted by Crippen LogP contribution is 2.30. The van der Waals surface area contributed by atoms with Gasteiger partial charge in [0.15, 0.2) is 5.01 Å². The Kier molecular flexibility index (Phi) is 6.03. The maximum atomic E-state index is 12.2. The van der Waals surface area contributed by atoms with Crippen LogP contribution in [-0.4, -0.2) is 23.2 Å². The van der Waals surface area contributed by atoms with Crippen molar-refractivity contribution in [3.8, 4) is 5.75 Å². The van der Waals surface area contributed by atoms with Crippen LogP contribution in [0.3, 0.4) is 0 Å². The van der Waals surface area contributed by atoms with E-state index in [9.17, 15) is 4.79 Å². The lowest BCUT2D eigenvalue weighted by molar-refractivity contribution is 0.102. The van der Waals surface area contributed by atoms with Crippen molar-refractivity contribution in [3.63, 3.8) is 0 Å². The number of amides is 1. The van der Waals surface area contributed by atoms with E-state index >= 15 is 0 Å². The number of carbonyl (C=O) groups excluding carboxylic acids is 1. The topological polar surface area (TPSA) is 64.1 Å². The first-order valence-electron chi connectivity index (χ1n) is 7.48. The Hall–Kier alpha value is -2.22. The molecule has 0 saturated carbocycles. The largest absolute Gasteiger partial charge is 0.496 e. The van der Waals surface area contributed by atoms with Gasteiger partial charge >= 0.3 is 0 Å². The van der Waals surface area contributed by atoms with Gasteiger partial charge in [-0.1, -0.05) is 47.2 Å². The first-order chi connectivity index (χ1) is 12.6. The van der Waals surface area contributed by atoms with Gasteiger partial charge in [0.05, 0.1) is 16.6 Å². The summed E-state index contributed by atoms with van der Waals surface area (Å²) >= 11 is 10.9. The molecule has 0 unspecified atom stereocenters. The highest BCUT2D eigenvalue weighted by molar-refractivity contribution is 9.10. The molecule has 0 aliphatic rings. The molecule has 0 spiro atoms. The number of rotatable bonds is 5. The minimum Gasteiger partial charge on any atom is -0.496 e. The number of benzene rings is 2. The van der Waals surface area contributed by atoms with Gasteiger partial charge in [-0.05, 0) is 51.8 Å². The minimum absolute atomic E-state index is 0.242. The number of anilines is 1. The van der Waals surface area contributed by atoms with Gasteiger partial charge < -0.3 is 10.1 Å². The highest BCUT2D eigenvalue weighted by atomic mass is 79.9. The van der Waals surface area contributed by atoms with Crippen molar-refractivity contribution >= 4 is 61.6 Å². The molecule has 5 nitrogen and oxygen atoms in total. The Labute approximate surface area is 167 Å². The fourth-order valence-corrected chi connectivity index (χ4v) is 3.58. The number of hydrogen-bond acceptors (Lipinski definition) is 5. The normalized spacial score (nSPS) is 11.3. The molecule has 3 rings (SSSR count). The molecule has 2 aromatic carbocycles. The first kappa shape index (κ1) is 18.6. The Morgan fingerprint density at radius 1 is 1.19 bits per heavy atom.